The molecule has 3 amide bonds. The second kappa shape index (κ2) is 9.99. The van der Waals surface area contributed by atoms with Crippen molar-refractivity contribution in [3.05, 3.63) is 76.6 Å². The molecule has 3 N–H and O–H groups in total. The molecule has 0 aromatic heterocycles. The average molecular weight is 384 g/mol. The van der Waals surface area contributed by atoms with Crippen molar-refractivity contribution in [2.45, 2.75) is 6.54 Å². The van der Waals surface area contributed by atoms with Crippen molar-refractivity contribution in [2.75, 3.05) is 11.6 Å². The third kappa shape index (κ3) is 5.87. The normalized spacial score (nSPS) is 11.0. The van der Waals surface area contributed by atoms with Crippen molar-refractivity contribution in [2.24, 2.45) is 0 Å². The van der Waals surface area contributed by atoms with E-state index in [9.17, 15) is 19.2 Å². The summed E-state index contributed by atoms with van der Waals surface area (Å²) in [5.74, 6) is -1.51. The van der Waals surface area contributed by atoms with Crippen LogP contribution < -0.4 is 16.0 Å². The maximum absolute atomic E-state index is 13.6. The molecule has 2 aromatic carbocycles. The van der Waals surface area contributed by atoms with E-state index in [2.05, 4.69) is 10.6 Å². The number of thioether (sulfide) groups is 1. The largest absolute Gasteiger partial charge is 0.375 e. The van der Waals surface area contributed by atoms with E-state index < -0.39 is 17.8 Å². The molecule has 8 heteroatoms. The fourth-order valence-corrected chi connectivity index (χ4v) is 2.69. The van der Waals surface area contributed by atoms with Gasteiger partial charge in [-0.15, -0.1) is 11.8 Å². The summed E-state index contributed by atoms with van der Waals surface area (Å²) in [6.45, 7) is 0.414. The Kier molecular flexibility index (Phi) is 7.40. The lowest BCUT2D eigenvalue weighted by Gasteiger charge is -2.12. The number of nitrogens with zero attached hydrogens (tertiary/aromatic N) is 1. The number of nitriles is 1. The molecule has 0 fully saturated rings. The highest BCUT2D eigenvalue weighted by atomic mass is 32.2. The van der Waals surface area contributed by atoms with Gasteiger partial charge in [0.2, 0.25) is 0 Å². The van der Waals surface area contributed by atoms with Gasteiger partial charge >= 0.3 is 6.03 Å². The second-order valence-electron chi connectivity index (χ2n) is 5.25. The number of nitrogens with one attached hydrogen (secondary N) is 3. The molecule has 0 aliphatic carbocycles. The topological polar surface area (TPSA) is 94.0 Å². The molecule has 27 heavy (non-hydrogen) atoms. The number of urea groups is 1. The van der Waals surface area contributed by atoms with E-state index in [0.29, 0.717) is 11.6 Å². The van der Waals surface area contributed by atoms with Crippen LogP contribution in [0.4, 0.5) is 14.9 Å². The van der Waals surface area contributed by atoms with Crippen molar-refractivity contribution in [3.63, 3.8) is 0 Å². The summed E-state index contributed by atoms with van der Waals surface area (Å²) < 4.78 is 13.6. The molecule has 0 aliphatic rings. The zero-order valence-electron chi connectivity index (χ0n) is 14.5. The number of carbonyl (C=O) groups is 2. The number of rotatable bonds is 6. The zero-order valence-corrected chi connectivity index (χ0v) is 15.3. The van der Waals surface area contributed by atoms with Crippen LogP contribution in [-0.4, -0.2) is 18.2 Å². The van der Waals surface area contributed by atoms with Crippen molar-refractivity contribution >= 4 is 29.4 Å². The van der Waals surface area contributed by atoms with Gasteiger partial charge in [-0.25, -0.2) is 9.18 Å². The minimum Gasteiger partial charge on any atom is -0.375 e. The number of carbonyl (C=O) groups excluding carboxylic acids is 2. The van der Waals surface area contributed by atoms with Crippen LogP contribution in [0, 0.1) is 17.1 Å². The van der Waals surface area contributed by atoms with E-state index in [4.69, 9.17) is 0 Å². The first-order valence-electron chi connectivity index (χ1n) is 7.88. The molecule has 0 spiro atoms. The lowest BCUT2D eigenvalue weighted by atomic mass is 10.2. The van der Waals surface area contributed by atoms with E-state index in [1.165, 1.54) is 30.0 Å². The molecule has 2 aromatic rings. The lowest BCUT2D eigenvalue weighted by Crippen LogP contribution is -2.36. The van der Waals surface area contributed by atoms with Gasteiger partial charge in [-0.1, -0.05) is 42.5 Å². The number of halogens is 1. The first-order chi connectivity index (χ1) is 13.0. The van der Waals surface area contributed by atoms with Crippen LogP contribution in [0.1, 0.15) is 5.56 Å². The number of amides is 3. The van der Waals surface area contributed by atoms with E-state index in [1.807, 2.05) is 35.6 Å². The molecule has 0 unspecified atom stereocenters. The van der Waals surface area contributed by atoms with E-state index in [-0.39, 0.29) is 11.3 Å². The van der Waals surface area contributed by atoms with Gasteiger partial charge in [0.25, 0.3) is 5.91 Å². The van der Waals surface area contributed by atoms with Crippen LogP contribution in [0.25, 0.3) is 0 Å². The van der Waals surface area contributed by atoms with Crippen LogP contribution in [0.2, 0.25) is 0 Å². The predicted octanol–water partition coefficient (Wildman–Crippen LogP) is 3.36. The van der Waals surface area contributed by atoms with Gasteiger partial charge in [-0.3, -0.25) is 10.1 Å². The standard InChI is InChI=1S/C19H17FN4O2S/c1-27-18(22-12-13-7-3-2-4-8-13)14(11-21)17(25)24-19(26)23-16-10-6-5-9-15(16)20/h2-10,22H,12H2,1H3,(H2,23,24,25,26)/b18-14+. The number of hydrogen-bond donors (Lipinski definition) is 3. The fraction of sp³-hybridized carbons (Fsp3) is 0.105. The molecule has 6 nitrogen and oxygen atoms in total. The maximum Gasteiger partial charge on any atom is 0.326 e. The number of anilines is 1. The lowest BCUT2D eigenvalue weighted by molar-refractivity contribution is -0.116. The van der Waals surface area contributed by atoms with Gasteiger partial charge in [0.05, 0.1) is 10.7 Å². The second-order valence-corrected chi connectivity index (χ2v) is 6.06. The first-order valence-corrected chi connectivity index (χ1v) is 9.10. The fourth-order valence-electron chi connectivity index (χ4n) is 2.13. The Labute approximate surface area is 160 Å². The smallest absolute Gasteiger partial charge is 0.326 e. The van der Waals surface area contributed by atoms with Crippen LogP contribution >= 0.6 is 11.8 Å². The molecular weight excluding hydrogens is 367 g/mol. The van der Waals surface area contributed by atoms with Crippen molar-refractivity contribution < 1.29 is 14.0 Å². The summed E-state index contributed by atoms with van der Waals surface area (Å²) in [6.07, 6.45) is 1.71. The minimum absolute atomic E-state index is 0.0717. The van der Waals surface area contributed by atoms with Crippen LogP contribution in [0.15, 0.2) is 65.2 Å². The Balaban J connectivity index is 2.05. The Hall–Kier alpha value is -3.31. The third-order valence-electron chi connectivity index (χ3n) is 3.42. The Bertz CT molecular complexity index is 894. The van der Waals surface area contributed by atoms with Crippen LogP contribution in [0.3, 0.4) is 0 Å². The van der Waals surface area contributed by atoms with E-state index in [0.717, 1.165) is 5.56 Å². The van der Waals surface area contributed by atoms with Gasteiger partial charge in [-0.05, 0) is 24.0 Å². The van der Waals surface area contributed by atoms with E-state index >= 15 is 0 Å². The Morgan fingerprint density at radius 3 is 2.41 bits per heavy atom. The van der Waals surface area contributed by atoms with Gasteiger partial charge in [0.15, 0.2) is 0 Å². The Morgan fingerprint density at radius 1 is 1.11 bits per heavy atom. The number of imide groups is 1. The minimum atomic E-state index is -0.929. The van der Waals surface area contributed by atoms with Gasteiger partial charge in [0, 0.05) is 6.54 Å². The number of hydrogen-bond acceptors (Lipinski definition) is 5. The summed E-state index contributed by atoms with van der Waals surface area (Å²) >= 11 is 1.18. The molecule has 0 radical (unpaired) electrons. The van der Waals surface area contributed by atoms with Crippen molar-refractivity contribution in [1.29, 1.82) is 5.26 Å². The summed E-state index contributed by atoms with van der Waals surface area (Å²) in [7, 11) is 0. The summed E-state index contributed by atoms with van der Waals surface area (Å²) in [5.41, 5.74) is 0.665. The predicted molar refractivity (Wildman–Crippen MR) is 103 cm³/mol. The van der Waals surface area contributed by atoms with E-state index in [1.54, 1.807) is 18.4 Å². The highest BCUT2D eigenvalue weighted by molar-refractivity contribution is 8.02. The average Bonchev–Trinajstić information content (AvgIpc) is 2.67. The van der Waals surface area contributed by atoms with Crippen molar-refractivity contribution in [3.8, 4) is 6.07 Å². The highest BCUT2D eigenvalue weighted by Gasteiger charge is 2.18. The quantitative estimate of drug-likeness (QED) is 0.524. The van der Waals surface area contributed by atoms with Gasteiger partial charge in [0.1, 0.15) is 17.5 Å². The summed E-state index contributed by atoms with van der Waals surface area (Å²) in [5, 5.41) is 16.9. The molecule has 0 saturated carbocycles. The maximum atomic E-state index is 13.6. The van der Waals surface area contributed by atoms with Crippen LogP contribution in [0.5, 0.6) is 0 Å². The van der Waals surface area contributed by atoms with Crippen molar-refractivity contribution in [1.82, 2.24) is 10.6 Å². The molecule has 2 rings (SSSR count). The summed E-state index contributed by atoms with van der Waals surface area (Å²) in [6, 6.07) is 15.9. The SMILES string of the molecule is CS/C(NCc1ccccc1)=C(\C#N)C(=O)NC(=O)Nc1ccccc1F. The molecular formula is C19H17FN4O2S. The number of benzene rings is 2. The number of para-hydroxylation sites is 1. The van der Waals surface area contributed by atoms with Crippen LogP contribution in [-0.2, 0) is 11.3 Å². The highest BCUT2D eigenvalue weighted by Crippen LogP contribution is 2.16. The zero-order chi connectivity index (χ0) is 19.6. The Morgan fingerprint density at radius 2 is 1.78 bits per heavy atom. The molecule has 0 atom stereocenters. The molecule has 138 valence electrons. The molecule has 0 bridgehead atoms. The third-order valence-corrected chi connectivity index (χ3v) is 4.17. The summed E-state index contributed by atoms with van der Waals surface area (Å²) in [4.78, 5) is 24.2. The van der Waals surface area contributed by atoms with Gasteiger partial charge < -0.3 is 10.6 Å². The molecule has 0 heterocycles. The molecule has 0 saturated heterocycles. The van der Waals surface area contributed by atoms with Gasteiger partial charge in [-0.2, -0.15) is 5.26 Å². The first kappa shape index (κ1) is 20.0. The molecule has 0 aliphatic heterocycles. The monoisotopic (exact) mass is 384 g/mol.